The van der Waals surface area contributed by atoms with E-state index in [1.54, 1.807) is 14.2 Å². The number of nitrogens with zero attached hydrogens (tertiary/aromatic N) is 1. The summed E-state index contributed by atoms with van der Waals surface area (Å²) in [5, 5.41) is 1.04. The molecule has 2 rings (SSSR count). The Morgan fingerprint density at radius 1 is 1.15 bits per heavy atom. The average Bonchev–Trinajstić information content (AvgIpc) is 2.36. The van der Waals surface area contributed by atoms with Crippen LogP contribution in [0.2, 0.25) is 0 Å². The number of methoxy groups -OCH3 is 2. The molecule has 0 saturated carbocycles. The van der Waals surface area contributed by atoms with Gasteiger partial charge >= 0.3 is 0 Å². The highest BCUT2D eigenvalue weighted by molar-refractivity contribution is 5.89. The number of hydrogen-bond acceptors (Lipinski definition) is 4. The zero-order valence-corrected chi connectivity index (χ0v) is 12.8. The van der Waals surface area contributed by atoms with E-state index in [4.69, 9.17) is 20.2 Å². The van der Waals surface area contributed by atoms with Crippen LogP contribution in [0, 0.1) is 6.92 Å². The second kappa shape index (κ2) is 5.29. The summed E-state index contributed by atoms with van der Waals surface area (Å²) in [7, 11) is 3.29. The molecule has 108 valence electrons. The third-order valence-electron chi connectivity index (χ3n) is 3.20. The summed E-state index contributed by atoms with van der Waals surface area (Å²) >= 11 is 0. The second-order valence-electron chi connectivity index (χ2n) is 5.82. The summed E-state index contributed by atoms with van der Waals surface area (Å²) in [4.78, 5) is 4.71. The third-order valence-corrected chi connectivity index (χ3v) is 3.20. The van der Waals surface area contributed by atoms with Crippen LogP contribution >= 0.6 is 0 Å². The molecule has 0 aliphatic rings. The predicted molar refractivity (Wildman–Crippen MR) is 81.6 cm³/mol. The lowest BCUT2D eigenvalue weighted by molar-refractivity contribution is 0.397. The molecule has 0 aliphatic heterocycles. The maximum atomic E-state index is 6.09. The van der Waals surface area contributed by atoms with Gasteiger partial charge in [0.15, 0.2) is 0 Å². The number of aromatic nitrogens is 1. The number of aryl methyl sites for hydroxylation is 1. The zero-order valence-electron chi connectivity index (χ0n) is 12.8. The number of hydrogen-bond donors (Lipinski definition) is 1. The first-order valence-corrected chi connectivity index (χ1v) is 6.65. The van der Waals surface area contributed by atoms with Crippen molar-refractivity contribution in [2.24, 2.45) is 5.73 Å². The number of fused-ring (bicyclic) bond motifs is 1. The SMILES string of the molecule is COc1cc(OC)c2nc(CC(C)(C)N)cc(C)c2c1. The Morgan fingerprint density at radius 3 is 2.40 bits per heavy atom. The van der Waals surface area contributed by atoms with E-state index in [2.05, 4.69) is 13.0 Å². The maximum absolute atomic E-state index is 6.09. The van der Waals surface area contributed by atoms with E-state index in [0.29, 0.717) is 0 Å². The van der Waals surface area contributed by atoms with Gasteiger partial charge in [-0.05, 0) is 38.5 Å². The molecule has 0 fully saturated rings. The quantitative estimate of drug-likeness (QED) is 0.931. The molecule has 1 aromatic carbocycles. The normalized spacial score (nSPS) is 11.7. The topological polar surface area (TPSA) is 57.4 Å². The number of benzene rings is 1. The predicted octanol–water partition coefficient (Wildman–Crippen LogP) is 2.84. The van der Waals surface area contributed by atoms with E-state index in [1.165, 1.54) is 0 Å². The first kappa shape index (κ1) is 14.6. The standard InChI is InChI=1S/C16H22N2O2/c1-10-6-11(9-16(2,3)17)18-15-13(10)7-12(19-4)8-14(15)20-5/h6-8H,9,17H2,1-5H3. The van der Waals surface area contributed by atoms with Gasteiger partial charge in [0.1, 0.15) is 17.0 Å². The Bertz CT molecular complexity index is 630. The first-order valence-electron chi connectivity index (χ1n) is 6.65. The summed E-state index contributed by atoms with van der Waals surface area (Å²) in [6, 6.07) is 5.92. The van der Waals surface area contributed by atoms with Crippen molar-refractivity contribution >= 4 is 10.9 Å². The van der Waals surface area contributed by atoms with Gasteiger partial charge in [0.05, 0.1) is 14.2 Å². The smallest absolute Gasteiger partial charge is 0.148 e. The van der Waals surface area contributed by atoms with Crippen LogP contribution in [0.3, 0.4) is 0 Å². The summed E-state index contributed by atoms with van der Waals surface area (Å²) < 4.78 is 10.7. The van der Waals surface area contributed by atoms with Crippen molar-refractivity contribution in [3.8, 4) is 11.5 Å². The van der Waals surface area contributed by atoms with Gasteiger partial charge in [-0.1, -0.05) is 0 Å². The van der Waals surface area contributed by atoms with Crippen molar-refractivity contribution in [3.05, 3.63) is 29.5 Å². The third kappa shape index (κ3) is 3.02. The molecular formula is C16H22N2O2. The lowest BCUT2D eigenvalue weighted by atomic mass is 9.97. The average molecular weight is 274 g/mol. The van der Waals surface area contributed by atoms with Crippen LogP contribution in [0.1, 0.15) is 25.1 Å². The van der Waals surface area contributed by atoms with Crippen LogP contribution in [-0.2, 0) is 6.42 Å². The highest BCUT2D eigenvalue weighted by Crippen LogP contribution is 2.32. The van der Waals surface area contributed by atoms with Crippen LogP contribution in [0.15, 0.2) is 18.2 Å². The van der Waals surface area contributed by atoms with E-state index >= 15 is 0 Å². The molecule has 0 radical (unpaired) electrons. The Kier molecular flexibility index (Phi) is 3.86. The molecule has 0 saturated heterocycles. The van der Waals surface area contributed by atoms with Gasteiger partial charge in [-0.2, -0.15) is 0 Å². The largest absolute Gasteiger partial charge is 0.497 e. The molecule has 0 unspecified atom stereocenters. The van der Waals surface area contributed by atoms with Crippen molar-refractivity contribution in [1.29, 1.82) is 0 Å². The van der Waals surface area contributed by atoms with E-state index in [9.17, 15) is 0 Å². The Morgan fingerprint density at radius 2 is 1.85 bits per heavy atom. The minimum Gasteiger partial charge on any atom is -0.497 e. The van der Waals surface area contributed by atoms with Crippen molar-refractivity contribution in [2.75, 3.05) is 14.2 Å². The Balaban J connectivity index is 2.64. The van der Waals surface area contributed by atoms with Gasteiger partial charge in [0.25, 0.3) is 0 Å². The molecule has 20 heavy (non-hydrogen) atoms. The highest BCUT2D eigenvalue weighted by Gasteiger charge is 2.16. The molecule has 0 spiro atoms. The fourth-order valence-electron chi connectivity index (χ4n) is 2.33. The Hall–Kier alpha value is -1.81. The lowest BCUT2D eigenvalue weighted by Crippen LogP contribution is -2.34. The van der Waals surface area contributed by atoms with Gasteiger partial charge in [-0.3, -0.25) is 0 Å². The lowest BCUT2D eigenvalue weighted by Gasteiger charge is -2.19. The van der Waals surface area contributed by atoms with Crippen molar-refractivity contribution < 1.29 is 9.47 Å². The second-order valence-corrected chi connectivity index (χ2v) is 5.82. The minimum atomic E-state index is -0.285. The highest BCUT2D eigenvalue weighted by atomic mass is 16.5. The fraction of sp³-hybridized carbons (Fsp3) is 0.438. The van der Waals surface area contributed by atoms with Crippen LogP contribution in [0.4, 0.5) is 0 Å². The van der Waals surface area contributed by atoms with Crippen molar-refractivity contribution in [3.63, 3.8) is 0 Å². The number of rotatable bonds is 4. The molecule has 1 aromatic heterocycles. The molecule has 1 heterocycles. The number of pyridine rings is 1. The van der Waals surface area contributed by atoms with Gasteiger partial charge in [0, 0.05) is 29.1 Å². The molecule has 0 aliphatic carbocycles. The van der Waals surface area contributed by atoms with Crippen LogP contribution in [0.5, 0.6) is 11.5 Å². The molecule has 2 aromatic rings. The minimum absolute atomic E-state index is 0.285. The summed E-state index contributed by atoms with van der Waals surface area (Å²) in [6.07, 6.45) is 0.721. The van der Waals surface area contributed by atoms with Gasteiger partial charge in [-0.15, -0.1) is 0 Å². The van der Waals surface area contributed by atoms with Crippen LogP contribution < -0.4 is 15.2 Å². The summed E-state index contributed by atoms with van der Waals surface area (Å²) in [5.41, 5.74) is 8.78. The van der Waals surface area contributed by atoms with E-state index in [1.807, 2.05) is 26.0 Å². The molecule has 4 nitrogen and oxygen atoms in total. The number of nitrogens with two attached hydrogens (primary N) is 1. The number of ether oxygens (including phenoxy) is 2. The maximum Gasteiger partial charge on any atom is 0.148 e. The Labute approximate surface area is 119 Å². The van der Waals surface area contributed by atoms with Crippen LogP contribution in [0.25, 0.3) is 10.9 Å². The monoisotopic (exact) mass is 274 g/mol. The fourth-order valence-corrected chi connectivity index (χ4v) is 2.33. The molecule has 0 bridgehead atoms. The van der Waals surface area contributed by atoms with Crippen molar-refractivity contribution in [1.82, 2.24) is 4.98 Å². The van der Waals surface area contributed by atoms with Gasteiger partial charge in [0.2, 0.25) is 0 Å². The molecule has 0 atom stereocenters. The van der Waals surface area contributed by atoms with Gasteiger partial charge in [-0.25, -0.2) is 4.98 Å². The van der Waals surface area contributed by atoms with E-state index in [0.717, 1.165) is 40.1 Å². The summed E-state index contributed by atoms with van der Waals surface area (Å²) in [6.45, 7) is 6.06. The molecule has 2 N–H and O–H groups in total. The van der Waals surface area contributed by atoms with E-state index < -0.39 is 0 Å². The zero-order chi connectivity index (χ0) is 14.9. The molecular weight excluding hydrogens is 252 g/mol. The first-order chi connectivity index (χ1) is 9.34. The van der Waals surface area contributed by atoms with Gasteiger partial charge < -0.3 is 15.2 Å². The summed E-state index contributed by atoms with van der Waals surface area (Å²) in [5.74, 6) is 1.49. The van der Waals surface area contributed by atoms with E-state index in [-0.39, 0.29) is 5.54 Å². The van der Waals surface area contributed by atoms with Crippen molar-refractivity contribution in [2.45, 2.75) is 32.7 Å². The molecule has 0 amide bonds. The van der Waals surface area contributed by atoms with Crippen LogP contribution in [-0.4, -0.2) is 24.7 Å². The molecule has 4 heteroatoms.